The Bertz CT molecular complexity index is 1040. The van der Waals surface area contributed by atoms with Crippen molar-refractivity contribution in [3.05, 3.63) is 58.3 Å². The van der Waals surface area contributed by atoms with Gasteiger partial charge in [-0.1, -0.05) is 18.2 Å². The number of halogens is 1. The summed E-state index contributed by atoms with van der Waals surface area (Å²) >= 11 is 3.58. The van der Waals surface area contributed by atoms with Crippen LogP contribution in [0.15, 0.2) is 51.6 Å². The number of carbonyl (C=O) groups excluding carboxylic acids is 1. The number of fused-ring (bicyclic) bond motifs is 1. The Hall–Kier alpha value is -2.51. The molecule has 2 aromatic carbocycles. The molecule has 2 heterocycles. The summed E-state index contributed by atoms with van der Waals surface area (Å²) in [5.41, 5.74) is 2.39. The number of rotatable bonds is 9. The summed E-state index contributed by atoms with van der Waals surface area (Å²) in [4.78, 5) is 11.9. The van der Waals surface area contributed by atoms with Gasteiger partial charge in [-0.2, -0.15) is 0 Å². The number of hydrogen-bond donors (Lipinski definition) is 0. The maximum atomic E-state index is 11.9. The largest absolute Gasteiger partial charge is 0.490 e. The minimum atomic E-state index is -0.276. The Kier molecular flexibility index (Phi) is 7.14. The summed E-state index contributed by atoms with van der Waals surface area (Å²) in [7, 11) is 0. The molecule has 6 nitrogen and oxygen atoms in total. The Morgan fingerprint density at radius 3 is 2.87 bits per heavy atom. The number of hydrogen-bond acceptors (Lipinski definition) is 6. The summed E-state index contributed by atoms with van der Waals surface area (Å²) < 4.78 is 29.5. The lowest BCUT2D eigenvalue weighted by molar-refractivity contribution is -0.142. The topological polar surface area (TPSA) is 67.1 Å². The Balaban J connectivity index is 1.55. The van der Waals surface area contributed by atoms with E-state index >= 15 is 0 Å². The van der Waals surface area contributed by atoms with E-state index in [1.54, 1.807) is 13.2 Å². The monoisotopic (exact) mass is 488 g/mol. The third kappa shape index (κ3) is 5.22. The first-order chi connectivity index (χ1) is 15.2. The third-order valence-electron chi connectivity index (χ3n) is 5.15. The highest BCUT2D eigenvalue weighted by Crippen LogP contribution is 2.37. The molecule has 0 spiro atoms. The van der Waals surface area contributed by atoms with Gasteiger partial charge in [0.15, 0.2) is 5.58 Å². The van der Waals surface area contributed by atoms with Crippen LogP contribution in [0, 0.1) is 0 Å². The van der Waals surface area contributed by atoms with E-state index in [4.69, 9.17) is 23.4 Å². The van der Waals surface area contributed by atoms with Crippen LogP contribution >= 0.6 is 15.9 Å². The van der Waals surface area contributed by atoms with Crippen molar-refractivity contribution in [1.29, 1.82) is 0 Å². The molecule has 1 fully saturated rings. The van der Waals surface area contributed by atoms with Crippen LogP contribution in [0.3, 0.4) is 0 Å². The molecule has 1 aliphatic heterocycles. The SMILES string of the molecule is CCOC(=O)Cc1ccccc1OCc1cc(Br)c2occc2c1OCC1CCCO1. The van der Waals surface area contributed by atoms with E-state index in [0.717, 1.165) is 51.8 Å². The van der Waals surface area contributed by atoms with E-state index < -0.39 is 0 Å². The van der Waals surface area contributed by atoms with E-state index in [0.29, 0.717) is 19.0 Å². The van der Waals surface area contributed by atoms with Crippen LogP contribution in [0.25, 0.3) is 11.0 Å². The van der Waals surface area contributed by atoms with Crippen LogP contribution in [0.1, 0.15) is 30.9 Å². The molecule has 0 amide bonds. The lowest BCUT2D eigenvalue weighted by Gasteiger charge is -2.17. The van der Waals surface area contributed by atoms with Crippen LogP contribution in [0.4, 0.5) is 0 Å². The van der Waals surface area contributed by atoms with Crippen molar-refractivity contribution < 1.29 is 28.2 Å². The fourth-order valence-corrected chi connectivity index (χ4v) is 4.26. The zero-order chi connectivity index (χ0) is 21.6. The summed E-state index contributed by atoms with van der Waals surface area (Å²) in [5.74, 6) is 1.09. The molecule has 1 atom stereocenters. The molecule has 7 heteroatoms. The summed E-state index contributed by atoms with van der Waals surface area (Å²) in [6.45, 7) is 3.69. The normalized spacial score (nSPS) is 15.9. The molecule has 3 aromatic rings. The van der Waals surface area contributed by atoms with E-state index in [1.807, 2.05) is 36.4 Å². The van der Waals surface area contributed by atoms with Crippen LogP contribution in [0.5, 0.6) is 11.5 Å². The number of para-hydroxylation sites is 1. The second kappa shape index (κ2) is 10.2. The first-order valence-corrected chi connectivity index (χ1v) is 11.2. The van der Waals surface area contributed by atoms with Gasteiger partial charge in [0.2, 0.25) is 0 Å². The van der Waals surface area contributed by atoms with E-state index in [1.165, 1.54) is 0 Å². The molecule has 1 saturated heterocycles. The fraction of sp³-hybridized carbons (Fsp3) is 0.375. The van der Waals surface area contributed by atoms with Gasteiger partial charge in [0.05, 0.1) is 35.3 Å². The number of ether oxygens (including phenoxy) is 4. The van der Waals surface area contributed by atoms with Crippen LogP contribution in [-0.2, 0) is 27.3 Å². The van der Waals surface area contributed by atoms with E-state index in [-0.39, 0.29) is 25.1 Å². The van der Waals surface area contributed by atoms with E-state index in [2.05, 4.69) is 15.9 Å². The maximum Gasteiger partial charge on any atom is 0.310 e. The molecule has 0 bridgehead atoms. The number of carbonyl (C=O) groups is 1. The second-order valence-electron chi connectivity index (χ2n) is 7.33. The minimum Gasteiger partial charge on any atom is -0.490 e. The molecule has 1 aromatic heterocycles. The standard InChI is InChI=1S/C24H25BrO6/c1-2-27-22(26)13-16-6-3-4-8-21(16)30-14-17-12-20(25)24-19(9-11-29-24)23(17)31-15-18-7-5-10-28-18/h3-4,6,8-9,11-12,18H,2,5,7,10,13-15H2,1H3. The van der Waals surface area contributed by atoms with Gasteiger partial charge in [-0.05, 0) is 53.9 Å². The predicted octanol–water partition coefficient (Wildman–Crippen LogP) is 5.44. The lowest BCUT2D eigenvalue weighted by Crippen LogP contribution is -2.17. The van der Waals surface area contributed by atoms with Crippen LogP contribution in [0.2, 0.25) is 0 Å². The summed E-state index contributed by atoms with van der Waals surface area (Å²) in [6.07, 6.45) is 3.97. The Morgan fingerprint density at radius 2 is 2.06 bits per heavy atom. The fourth-order valence-electron chi connectivity index (χ4n) is 3.67. The van der Waals surface area contributed by atoms with Crippen LogP contribution < -0.4 is 9.47 Å². The highest BCUT2D eigenvalue weighted by atomic mass is 79.9. The summed E-state index contributed by atoms with van der Waals surface area (Å²) in [6, 6.07) is 11.3. The van der Waals surface area contributed by atoms with Gasteiger partial charge in [0, 0.05) is 17.7 Å². The zero-order valence-electron chi connectivity index (χ0n) is 17.4. The average Bonchev–Trinajstić information content (AvgIpc) is 3.45. The lowest BCUT2D eigenvalue weighted by atomic mass is 10.1. The van der Waals surface area contributed by atoms with Crippen molar-refractivity contribution in [2.45, 2.75) is 38.9 Å². The van der Waals surface area contributed by atoms with Gasteiger partial charge in [0.25, 0.3) is 0 Å². The van der Waals surface area contributed by atoms with Gasteiger partial charge in [0.1, 0.15) is 24.7 Å². The molecule has 1 unspecified atom stereocenters. The molecule has 0 aliphatic carbocycles. The first-order valence-electron chi connectivity index (χ1n) is 10.4. The average molecular weight is 489 g/mol. The molecule has 31 heavy (non-hydrogen) atoms. The van der Waals surface area contributed by atoms with Gasteiger partial charge in [-0.3, -0.25) is 4.79 Å². The minimum absolute atomic E-state index is 0.102. The molecule has 0 saturated carbocycles. The zero-order valence-corrected chi connectivity index (χ0v) is 19.0. The van der Waals surface area contributed by atoms with Crippen molar-refractivity contribution in [1.82, 2.24) is 0 Å². The maximum absolute atomic E-state index is 11.9. The number of esters is 1. The number of benzene rings is 2. The van der Waals surface area contributed by atoms with Crippen molar-refractivity contribution in [3.8, 4) is 11.5 Å². The van der Waals surface area contributed by atoms with Crippen molar-refractivity contribution in [2.24, 2.45) is 0 Å². The van der Waals surface area contributed by atoms with Crippen molar-refractivity contribution in [2.75, 3.05) is 19.8 Å². The number of furan rings is 1. The van der Waals surface area contributed by atoms with Crippen molar-refractivity contribution >= 4 is 32.9 Å². The van der Waals surface area contributed by atoms with Gasteiger partial charge < -0.3 is 23.4 Å². The molecule has 0 N–H and O–H groups in total. The first kappa shape index (κ1) is 21.7. The molecule has 164 valence electrons. The predicted molar refractivity (Wildman–Crippen MR) is 119 cm³/mol. The van der Waals surface area contributed by atoms with E-state index in [9.17, 15) is 4.79 Å². The molecular formula is C24H25BrO6. The van der Waals surface area contributed by atoms with Crippen molar-refractivity contribution in [3.63, 3.8) is 0 Å². The Labute approximate surface area is 189 Å². The highest BCUT2D eigenvalue weighted by Gasteiger charge is 2.20. The Morgan fingerprint density at radius 1 is 1.19 bits per heavy atom. The molecule has 1 aliphatic rings. The van der Waals surface area contributed by atoms with Gasteiger partial charge in [-0.15, -0.1) is 0 Å². The summed E-state index contributed by atoms with van der Waals surface area (Å²) in [5, 5.41) is 0.880. The second-order valence-corrected chi connectivity index (χ2v) is 8.19. The molecule has 4 rings (SSSR count). The molecule has 0 radical (unpaired) electrons. The van der Waals surface area contributed by atoms with Gasteiger partial charge in [-0.25, -0.2) is 0 Å². The quantitative estimate of drug-likeness (QED) is 0.373. The van der Waals surface area contributed by atoms with Crippen LogP contribution in [-0.4, -0.2) is 31.9 Å². The smallest absolute Gasteiger partial charge is 0.310 e. The highest BCUT2D eigenvalue weighted by molar-refractivity contribution is 9.10. The third-order valence-corrected chi connectivity index (χ3v) is 5.74. The van der Waals surface area contributed by atoms with Gasteiger partial charge >= 0.3 is 5.97 Å². The molecular weight excluding hydrogens is 464 g/mol.